The van der Waals surface area contributed by atoms with Gasteiger partial charge >= 0.3 is 0 Å². The highest BCUT2D eigenvalue weighted by molar-refractivity contribution is 6.36. The zero-order valence-electron chi connectivity index (χ0n) is 18.8. The fourth-order valence-electron chi connectivity index (χ4n) is 3.92. The molecule has 4 rings (SSSR count). The first-order valence-corrected chi connectivity index (χ1v) is 11.3. The third-order valence-corrected chi connectivity index (χ3v) is 6.38. The molecule has 0 saturated carbocycles. The van der Waals surface area contributed by atoms with Crippen LogP contribution in [0.4, 0.5) is 0 Å². The summed E-state index contributed by atoms with van der Waals surface area (Å²) >= 11 is 12.3. The molecule has 4 aromatic rings. The average Bonchev–Trinajstić information content (AvgIpc) is 2.78. The van der Waals surface area contributed by atoms with E-state index in [4.69, 9.17) is 28.2 Å². The summed E-state index contributed by atoms with van der Waals surface area (Å²) in [5, 5.41) is 1.24. The number of hydrogen-bond acceptors (Lipinski definition) is 3. The van der Waals surface area contributed by atoms with Gasteiger partial charge in [0.25, 0.3) is 11.5 Å². The fraction of sp³-hybridized carbons (Fsp3) is 0.192. The van der Waals surface area contributed by atoms with Gasteiger partial charge in [0.15, 0.2) is 0 Å². The fourth-order valence-corrected chi connectivity index (χ4v) is 4.41. The molecule has 5 nitrogen and oxygen atoms in total. The van der Waals surface area contributed by atoms with Crippen LogP contribution in [0.5, 0.6) is 0 Å². The maximum Gasteiger partial charge on any atom is 0.266 e. The summed E-state index contributed by atoms with van der Waals surface area (Å²) in [7, 11) is 1.67. The van der Waals surface area contributed by atoms with Crippen molar-refractivity contribution in [3.63, 3.8) is 0 Å². The molecule has 0 aliphatic heterocycles. The first-order valence-electron chi connectivity index (χ1n) is 10.5. The normalized spacial score (nSPS) is 12.1. The molecule has 0 saturated heterocycles. The van der Waals surface area contributed by atoms with Crippen molar-refractivity contribution in [1.82, 2.24) is 14.5 Å². The van der Waals surface area contributed by atoms with Gasteiger partial charge in [0.1, 0.15) is 5.82 Å². The lowest BCUT2D eigenvalue weighted by Gasteiger charge is -2.28. The Bertz CT molecular complexity index is 1450. The molecule has 0 fully saturated rings. The number of carbonyl (C=O) groups excluding carboxylic acids is 1. The second-order valence-electron chi connectivity index (χ2n) is 8.13. The van der Waals surface area contributed by atoms with Crippen molar-refractivity contribution >= 4 is 40.0 Å². The maximum absolute atomic E-state index is 13.6. The van der Waals surface area contributed by atoms with Crippen LogP contribution in [0.3, 0.4) is 0 Å². The Kier molecular flexibility index (Phi) is 6.28. The Morgan fingerprint density at radius 2 is 1.76 bits per heavy atom. The number of nitrogens with zero attached hydrogens (tertiary/aromatic N) is 3. The molecule has 1 aromatic heterocycles. The molecule has 0 aliphatic rings. The molecule has 33 heavy (non-hydrogen) atoms. The molecule has 1 unspecified atom stereocenters. The van der Waals surface area contributed by atoms with E-state index in [0.717, 1.165) is 16.8 Å². The van der Waals surface area contributed by atoms with Crippen LogP contribution >= 0.6 is 23.2 Å². The van der Waals surface area contributed by atoms with Crippen LogP contribution in [-0.4, -0.2) is 27.4 Å². The number of hydrogen-bond donors (Lipinski definition) is 0. The third-order valence-electron chi connectivity index (χ3n) is 5.83. The van der Waals surface area contributed by atoms with Crippen molar-refractivity contribution in [2.75, 3.05) is 7.05 Å². The predicted molar refractivity (Wildman–Crippen MR) is 134 cm³/mol. The number of benzene rings is 3. The summed E-state index contributed by atoms with van der Waals surface area (Å²) < 4.78 is 1.61. The maximum atomic E-state index is 13.6. The highest BCUT2D eigenvalue weighted by Gasteiger charge is 2.26. The lowest BCUT2D eigenvalue weighted by Crippen LogP contribution is -2.35. The predicted octanol–water partition coefficient (Wildman–Crippen LogP) is 6.14. The van der Waals surface area contributed by atoms with Crippen LogP contribution in [0.2, 0.25) is 10.0 Å². The van der Waals surface area contributed by atoms with E-state index in [-0.39, 0.29) is 16.5 Å². The van der Waals surface area contributed by atoms with Crippen LogP contribution in [0.15, 0.2) is 65.5 Å². The summed E-state index contributed by atoms with van der Waals surface area (Å²) in [6.45, 7) is 5.81. The van der Waals surface area contributed by atoms with Gasteiger partial charge in [0.2, 0.25) is 0 Å². The Labute approximate surface area is 202 Å². The van der Waals surface area contributed by atoms with Gasteiger partial charge in [-0.25, -0.2) is 4.98 Å². The van der Waals surface area contributed by atoms with Crippen LogP contribution in [-0.2, 0) is 0 Å². The topological polar surface area (TPSA) is 55.2 Å². The van der Waals surface area contributed by atoms with E-state index < -0.39 is 6.04 Å². The number of amides is 1. The summed E-state index contributed by atoms with van der Waals surface area (Å²) in [5.74, 6) is 0.172. The number of rotatable bonds is 4. The molecule has 7 heteroatoms. The van der Waals surface area contributed by atoms with Crippen molar-refractivity contribution in [2.24, 2.45) is 0 Å². The number of halogens is 2. The number of aromatic nitrogens is 2. The van der Waals surface area contributed by atoms with Gasteiger partial charge in [0, 0.05) is 12.1 Å². The van der Waals surface area contributed by atoms with Crippen molar-refractivity contribution < 1.29 is 4.79 Å². The zero-order valence-corrected chi connectivity index (χ0v) is 20.3. The molecular weight excluding hydrogens is 457 g/mol. The number of carbonyl (C=O) groups is 1. The lowest BCUT2D eigenvalue weighted by atomic mass is 10.1. The molecule has 0 radical (unpaired) electrons. The monoisotopic (exact) mass is 479 g/mol. The van der Waals surface area contributed by atoms with E-state index >= 15 is 0 Å². The summed E-state index contributed by atoms with van der Waals surface area (Å²) in [6.07, 6.45) is 0. The van der Waals surface area contributed by atoms with Crippen molar-refractivity contribution in [1.29, 1.82) is 0 Å². The first-order chi connectivity index (χ1) is 15.7. The van der Waals surface area contributed by atoms with Crippen LogP contribution in [0.25, 0.3) is 16.6 Å². The van der Waals surface area contributed by atoms with Crippen LogP contribution in [0, 0.1) is 13.8 Å². The summed E-state index contributed by atoms with van der Waals surface area (Å²) in [6, 6.07) is 17.4. The molecule has 0 N–H and O–H groups in total. The van der Waals surface area contributed by atoms with Gasteiger partial charge in [0.05, 0.1) is 33.2 Å². The molecule has 3 aromatic carbocycles. The minimum atomic E-state index is -0.526. The van der Waals surface area contributed by atoms with Crippen molar-refractivity contribution in [3.8, 4) is 5.69 Å². The highest BCUT2D eigenvalue weighted by Crippen LogP contribution is 2.27. The summed E-state index contributed by atoms with van der Waals surface area (Å²) in [5.41, 5.74) is 3.50. The molecule has 1 heterocycles. The van der Waals surface area contributed by atoms with Gasteiger partial charge in [-0.15, -0.1) is 0 Å². The quantitative estimate of drug-likeness (QED) is 0.353. The highest BCUT2D eigenvalue weighted by atomic mass is 35.5. The second kappa shape index (κ2) is 9.00. The Hall–Kier alpha value is -3.15. The number of aryl methyl sites for hydroxylation is 2. The SMILES string of the molecule is Cc1ccc(-n2c(C(C)N(C)C(=O)c3ccc(Cl)cc3Cl)nc3ccccc3c2=O)c(C)c1. The zero-order chi connectivity index (χ0) is 23.9. The Morgan fingerprint density at radius 3 is 2.45 bits per heavy atom. The van der Waals surface area contributed by atoms with E-state index in [0.29, 0.717) is 27.3 Å². The summed E-state index contributed by atoms with van der Waals surface area (Å²) in [4.78, 5) is 33.3. The minimum Gasteiger partial charge on any atom is -0.332 e. The smallest absolute Gasteiger partial charge is 0.266 e. The standard InChI is InChI=1S/C26H23Cl2N3O2/c1-15-9-12-23(16(2)13-15)31-24(29-22-8-6-5-7-20(22)26(31)33)17(3)30(4)25(32)19-11-10-18(27)14-21(19)28/h5-14,17H,1-4H3. The molecule has 1 amide bonds. The van der Waals surface area contributed by atoms with Gasteiger partial charge in [-0.05, 0) is 62.7 Å². The second-order valence-corrected chi connectivity index (χ2v) is 8.98. The molecule has 1 atom stereocenters. The number of para-hydroxylation sites is 1. The van der Waals surface area contributed by atoms with Crippen molar-refractivity contribution in [2.45, 2.75) is 26.8 Å². The van der Waals surface area contributed by atoms with E-state index in [1.807, 2.05) is 51.1 Å². The van der Waals surface area contributed by atoms with Gasteiger partial charge in [-0.3, -0.25) is 14.2 Å². The lowest BCUT2D eigenvalue weighted by molar-refractivity contribution is 0.0735. The molecular formula is C26H23Cl2N3O2. The molecule has 168 valence electrons. The largest absolute Gasteiger partial charge is 0.332 e. The van der Waals surface area contributed by atoms with Crippen LogP contribution in [0.1, 0.15) is 40.3 Å². The van der Waals surface area contributed by atoms with Crippen molar-refractivity contribution in [3.05, 3.63) is 104 Å². The third kappa shape index (κ3) is 4.26. The molecule has 0 bridgehead atoms. The molecule has 0 aliphatic carbocycles. The minimum absolute atomic E-state index is 0.181. The molecule has 0 spiro atoms. The Balaban J connectivity index is 1.90. The van der Waals surface area contributed by atoms with E-state index in [2.05, 4.69) is 0 Å². The van der Waals surface area contributed by atoms with Crippen LogP contribution < -0.4 is 5.56 Å². The van der Waals surface area contributed by atoms with E-state index in [9.17, 15) is 9.59 Å². The van der Waals surface area contributed by atoms with Gasteiger partial charge < -0.3 is 4.90 Å². The van der Waals surface area contributed by atoms with Gasteiger partial charge in [-0.1, -0.05) is 53.0 Å². The Morgan fingerprint density at radius 1 is 1.03 bits per heavy atom. The van der Waals surface area contributed by atoms with E-state index in [1.54, 1.807) is 35.9 Å². The number of fused-ring (bicyclic) bond motifs is 1. The average molecular weight is 480 g/mol. The van der Waals surface area contributed by atoms with E-state index in [1.165, 1.54) is 11.0 Å². The first kappa shape index (κ1) is 23.0. The van der Waals surface area contributed by atoms with Gasteiger partial charge in [-0.2, -0.15) is 0 Å².